The summed E-state index contributed by atoms with van der Waals surface area (Å²) >= 11 is 0. The second-order valence-electron chi connectivity index (χ2n) is 0.660. The minimum atomic E-state index is -1.90. The molecule has 35 valence electrons. The summed E-state index contributed by atoms with van der Waals surface area (Å²) < 4.78 is 21.4. The lowest BCUT2D eigenvalue weighted by atomic mass is 10.7. The van der Waals surface area contributed by atoms with Crippen LogP contribution in [0.15, 0.2) is 12.2 Å². The highest BCUT2D eigenvalue weighted by molar-refractivity contribution is 4.78. The minimum Gasteiger partial charge on any atom is -0.232 e. The highest BCUT2D eigenvalue weighted by Crippen LogP contribution is 1.92. The molecule has 0 rings (SSSR count). The molecule has 1 radical (unpaired) electrons. The van der Waals surface area contributed by atoms with Crippen molar-refractivity contribution in [2.45, 2.75) is 0 Å². The number of hydrogen-bond donors (Lipinski definition) is 0. The molecule has 0 aliphatic carbocycles. The summed E-state index contributed by atoms with van der Waals surface area (Å²) in [5.41, 5.74) is 0. The van der Waals surface area contributed by atoms with E-state index in [0.717, 1.165) is 0 Å². The Morgan fingerprint density at radius 2 is 2.17 bits per heavy atom. The fourth-order valence-electron chi connectivity index (χ4n) is 0.0630. The van der Waals surface area contributed by atoms with Gasteiger partial charge in [-0.1, -0.05) is 0 Å². The summed E-state index contributed by atoms with van der Waals surface area (Å²) in [4.78, 5) is 0. The number of rotatable bonds is 1. The smallest absolute Gasteiger partial charge is 0.232 e. The van der Waals surface area contributed by atoms with Gasteiger partial charge in [-0.3, -0.25) is 0 Å². The maximum absolute atomic E-state index is 10.7. The minimum absolute atomic E-state index is 0.319. The van der Waals surface area contributed by atoms with Crippen LogP contribution in [-0.2, 0) is 5.11 Å². The molecule has 6 heavy (non-hydrogen) atoms. The predicted molar refractivity (Wildman–Crippen MR) is 15.9 cm³/mol. The standard InChI is InChI=1S/C3H3F2O/c4-3(5)1-2-6/h1H,2H2. The quantitative estimate of drug-likeness (QED) is 0.464. The Balaban J connectivity index is 3.14. The van der Waals surface area contributed by atoms with Gasteiger partial charge in [0.1, 0.15) is 6.61 Å². The molecule has 0 aromatic heterocycles. The van der Waals surface area contributed by atoms with Gasteiger partial charge in [-0.2, -0.15) is 8.78 Å². The highest BCUT2D eigenvalue weighted by Gasteiger charge is 1.80. The first-order valence-electron chi connectivity index (χ1n) is 1.36. The Hall–Kier alpha value is -0.440. The van der Waals surface area contributed by atoms with Crippen molar-refractivity contribution in [2.75, 3.05) is 6.61 Å². The number of halogens is 2. The van der Waals surface area contributed by atoms with Crippen LogP contribution in [0.2, 0.25) is 0 Å². The van der Waals surface area contributed by atoms with E-state index in [1.807, 2.05) is 0 Å². The van der Waals surface area contributed by atoms with Crippen molar-refractivity contribution in [3.05, 3.63) is 12.2 Å². The van der Waals surface area contributed by atoms with Crippen molar-refractivity contribution in [1.29, 1.82) is 0 Å². The Kier molecular flexibility index (Phi) is 2.58. The third kappa shape index (κ3) is 3.56. The summed E-state index contributed by atoms with van der Waals surface area (Å²) in [6.45, 7) is -0.831. The van der Waals surface area contributed by atoms with E-state index in [1.54, 1.807) is 0 Å². The first-order chi connectivity index (χ1) is 2.77. The molecule has 0 amide bonds. The first-order valence-corrected chi connectivity index (χ1v) is 1.36. The molecule has 0 aromatic rings. The highest BCUT2D eigenvalue weighted by atomic mass is 19.3. The lowest BCUT2D eigenvalue weighted by Gasteiger charge is -1.69. The van der Waals surface area contributed by atoms with E-state index in [1.165, 1.54) is 0 Å². The molecule has 0 aromatic carbocycles. The maximum atomic E-state index is 10.7. The van der Waals surface area contributed by atoms with E-state index < -0.39 is 12.7 Å². The van der Waals surface area contributed by atoms with Crippen molar-refractivity contribution >= 4 is 0 Å². The molecule has 0 bridgehead atoms. The van der Waals surface area contributed by atoms with E-state index in [0.29, 0.717) is 6.08 Å². The SMILES string of the molecule is [O]CC=C(F)F. The van der Waals surface area contributed by atoms with Gasteiger partial charge in [0, 0.05) is 6.08 Å². The van der Waals surface area contributed by atoms with Crippen LogP contribution >= 0.6 is 0 Å². The Bertz CT molecular complexity index is 55.8. The molecule has 0 N–H and O–H groups in total. The molecule has 0 unspecified atom stereocenters. The largest absolute Gasteiger partial charge is 0.268 e. The number of hydrogen-bond acceptors (Lipinski definition) is 0. The van der Waals surface area contributed by atoms with E-state index in [4.69, 9.17) is 0 Å². The van der Waals surface area contributed by atoms with Gasteiger partial charge in [0.05, 0.1) is 0 Å². The molecule has 0 atom stereocenters. The van der Waals surface area contributed by atoms with Crippen molar-refractivity contribution in [1.82, 2.24) is 0 Å². The lowest BCUT2D eigenvalue weighted by Crippen LogP contribution is -1.66. The van der Waals surface area contributed by atoms with Crippen molar-refractivity contribution < 1.29 is 13.9 Å². The second kappa shape index (κ2) is 2.78. The van der Waals surface area contributed by atoms with Crippen LogP contribution in [-0.4, -0.2) is 6.61 Å². The molecule has 0 aliphatic rings. The first kappa shape index (κ1) is 5.56. The monoisotopic (exact) mass is 93.0 g/mol. The van der Waals surface area contributed by atoms with Crippen LogP contribution in [0.4, 0.5) is 8.78 Å². The van der Waals surface area contributed by atoms with Crippen LogP contribution in [0.3, 0.4) is 0 Å². The predicted octanol–water partition coefficient (Wildman–Crippen LogP) is 1.20. The summed E-state index contributed by atoms with van der Waals surface area (Å²) in [5.74, 6) is 0. The molecular weight excluding hydrogens is 90.0 g/mol. The topological polar surface area (TPSA) is 19.9 Å². The molecule has 0 heterocycles. The zero-order valence-corrected chi connectivity index (χ0v) is 2.95. The van der Waals surface area contributed by atoms with Crippen LogP contribution < -0.4 is 0 Å². The second-order valence-corrected chi connectivity index (χ2v) is 0.660. The molecule has 0 fully saturated rings. The van der Waals surface area contributed by atoms with E-state index in [9.17, 15) is 13.9 Å². The van der Waals surface area contributed by atoms with Gasteiger partial charge in [0.2, 0.25) is 0 Å². The lowest BCUT2D eigenvalue weighted by molar-refractivity contribution is 0.226. The van der Waals surface area contributed by atoms with Gasteiger partial charge < -0.3 is 0 Å². The van der Waals surface area contributed by atoms with E-state index in [-0.39, 0.29) is 0 Å². The third-order valence-electron chi connectivity index (χ3n) is 0.238. The molecule has 0 spiro atoms. The fourth-order valence-corrected chi connectivity index (χ4v) is 0.0630. The van der Waals surface area contributed by atoms with E-state index >= 15 is 0 Å². The molecule has 1 nitrogen and oxygen atoms in total. The molecule has 3 heteroatoms. The molecule has 0 saturated carbocycles. The average molecular weight is 93.1 g/mol. The van der Waals surface area contributed by atoms with Gasteiger partial charge in [-0.25, -0.2) is 5.11 Å². The summed E-state index contributed by atoms with van der Waals surface area (Å²) in [5, 5.41) is 9.18. The molecule has 0 aliphatic heterocycles. The Morgan fingerprint density at radius 3 is 2.17 bits per heavy atom. The van der Waals surface area contributed by atoms with Gasteiger partial charge in [0.25, 0.3) is 6.08 Å². The van der Waals surface area contributed by atoms with Gasteiger partial charge >= 0.3 is 0 Å². The normalized spacial score (nSPS) is 7.83. The average Bonchev–Trinajstić information content (AvgIpc) is 1.35. The van der Waals surface area contributed by atoms with Crippen LogP contribution in [0.1, 0.15) is 0 Å². The zero-order chi connectivity index (χ0) is 4.99. The summed E-state index contributed by atoms with van der Waals surface area (Å²) in [6, 6.07) is 0. The maximum Gasteiger partial charge on any atom is 0.268 e. The summed E-state index contributed by atoms with van der Waals surface area (Å²) in [7, 11) is 0. The third-order valence-corrected chi connectivity index (χ3v) is 0.238. The van der Waals surface area contributed by atoms with Crippen molar-refractivity contribution in [2.24, 2.45) is 0 Å². The van der Waals surface area contributed by atoms with Crippen LogP contribution in [0.5, 0.6) is 0 Å². The van der Waals surface area contributed by atoms with E-state index in [2.05, 4.69) is 0 Å². The van der Waals surface area contributed by atoms with Gasteiger partial charge in [-0.05, 0) is 0 Å². The van der Waals surface area contributed by atoms with Crippen molar-refractivity contribution in [3.63, 3.8) is 0 Å². The Labute approximate surface area is 33.9 Å². The summed E-state index contributed by atoms with van der Waals surface area (Å²) in [6.07, 6.45) is -1.58. The van der Waals surface area contributed by atoms with Gasteiger partial charge in [0.15, 0.2) is 0 Å². The van der Waals surface area contributed by atoms with Crippen molar-refractivity contribution in [3.8, 4) is 0 Å². The van der Waals surface area contributed by atoms with Crippen LogP contribution in [0.25, 0.3) is 0 Å². The van der Waals surface area contributed by atoms with Gasteiger partial charge in [-0.15, -0.1) is 0 Å². The van der Waals surface area contributed by atoms with Crippen LogP contribution in [0, 0.1) is 0 Å². The Morgan fingerprint density at radius 1 is 1.67 bits per heavy atom. The molecule has 0 saturated heterocycles. The molecular formula is C3H3F2O. The zero-order valence-electron chi connectivity index (χ0n) is 2.95. The fraction of sp³-hybridized carbons (Fsp3) is 0.333.